The van der Waals surface area contributed by atoms with E-state index >= 15 is 0 Å². The van der Waals surface area contributed by atoms with Crippen LogP contribution < -0.4 is 0 Å². The molecule has 1 nitrogen and oxygen atoms in total. The van der Waals surface area contributed by atoms with Gasteiger partial charge in [-0.15, -0.1) is 6.58 Å². The van der Waals surface area contributed by atoms with Crippen molar-refractivity contribution in [1.29, 1.82) is 5.26 Å². The molecule has 0 amide bonds. The van der Waals surface area contributed by atoms with Crippen LogP contribution in [0, 0.1) is 11.3 Å². The Hall–Kier alpha value is -2.07. The number of nitrogens with zero attached hydrogens (tertiary/aromatic N) is 1. The molecule has 0 saturated carbocycles. The molecule has 15 heavy (non-hydrogen) atoms. The molecule has 0 aliphatic heterocycles. The summed E-state index contributed by atoms with van der Waals surface area (Å²) in [5.41, 5.74) is 1.85. The predicted octanol–water partition coefficient (Wildman–Crippen LogP) is 3.73. The summed E-state index contributed by atoms with van der Waals surface area (Å²) in [6, 6.07) is 12.1. The Labute approximate surface area is 90.7 Å². The van der Waals surface area contributed by atoms with Gasteiger partial charge in [0.2, 0.25) is 0 Å². The molecule has 0 saturated heterocycles. The van der Waals surface area contributed by atoms with Crippen LogP contribution in [-0.2, 0) is 0 Å². The highest BCUT2D eigenvalue weighted by Crippen LogP contribution is 2.04. The molecule has 1 rings (SSSR count). The minimum absolute atomic E-state index is 0.621. The molecule has 0 N–H and O–H groups in total. The number of rotatable bonds is 4. The summed E-state index contributed by atoms with van der Waals surface area (Å²) in [5, 5.41) is 8.75. The van der Waals surface area contributed by atoms with Crippen LogP contribution >= 0.6 is 0 Å². The molecule has 0 atom stereocenters. The molecule has 74 valence electrons. The molecule has 0 heterocycles. The van der Waals surface area contributed by atoms with E-state index in [2.05, 4.69) is 12.6 Å². The highest BCUT2D eigenvalue weighted by atomic mass is 14.2. The Kier molecular flexibility index (Phi) is 4.69. The average molecular weight is 195 g/mol. The van der Waals surface area contributed by atoms with E-state index in [1.165, 1.54) is 0 Å². The molecule has 0 aliphatic rings. The number of hydrogen-bond donors (Lipinski definition) is 0. The minimum Gasteiger partial charge on any atom is -0.193 e. The van der Waals surface area contributed by atoms with Crippen molar-refractivity contribution in [1.82, 2.24) is 0 Å². The molecule has 0 aliphatic carbocycles. The van der Waals surface area contributed by atoms with E-state index < -0.39 is 0 Å². The monoisotopic (exact) mass is 195 g/mol. The van der Waals surface area contributed by atoms with E-state index in [1.54, 1.807) is 6.08 Å². The lowest BCUT2D eigenvalue weighted by Crippen LogP contribution is -1.73. The zero-order chi connectivity index (χ0) is 10.9. The first-order valence-corrected chi connectivity index (χ1v) is 4.80. The van der Waals surface area contributed by atoms with Gasteiger partial charge in [0, 0.05) is 12.0 Å². The van der Waals surface area contributed by atoms with Crippen LogP contribution in [-0.4, -0.2) is 0 Å². The van der Waals surface area contributed by atoms with Crippen molar-refractivity contribution < 1.29 is 0 Å². The largest absolute Gasteiger partial charge is 0.193 e. The fourth-order valence-corrected chi connectivity index (χ4v) is 1.15. The summed E-state index contributed by atoms with van der Waals surface area (Å²) in [4.78, 5) is 0. The van der Waals surface area contributed by atoms with Gasteiger partial charge >= 0.3 is 0 Å². The van der Waals surface area contributed by atoms with Crippen LogP contribution in [0.3, 0.4) is 0 Å². The molecule has 1 aromatic rings. The third-order valence-corrected chi connectivity index (χ3v) is 1.89. The first kappa shape index (κ1) is 11.0. The number of nitriles is 1. The maximum Gasteiger partial charge on any atom is 0.0950 e. The van der Waals surface area contributed by atoms with Gasteiger partial charge in [-0.25, -0.2) is 0 Å². The third kappa shape index (κ3) is 4.10. The molecule has 0 aromatic heterocycles. The van der Waals surface area contributed by atoms with Crippen LogP contribution in [0.25, 0.3) is 6.08 Å². The van der Waals surface area contributed by atoms with E-state index in [4.69, 9.17) is 5.26 Å². The summed E-state index contributed by atoms with van der Waals surface area (Å²) < 4.78 is 0. The predicted molar refractivity (Wildman–Crippen MR) is 64.0 cm³/mol. The third-order valence-electron chi connectivity index (χ3n) is 1.89. The van der Waals surface area contributed by atoms with E-state index in [0.717, 1.165) is 11.1 Å². The lowest BCUT2D eigenvalue weighted by Gasteiger charge is -1.90. The first-order valence-electron chi connectivity index (χ1n) is 4.80. The van der Waals surface area contributed by atoms with Gasteiger partial charge < -0.3 is 0 Å². The van der Waals surface area contributed by atoms with Gasteiger partial charge in [-0.1, -0.05) is 48.6 Å². The Morgan fingerprint density at radius 1 is 1.33 bits per heavy atom. The molecule has 1 aromatic carbocycles. The molecular weight excluding hydrogens is 182 g/mol. The van der Waals surface area contributed by atoms with Crippen molar-refractivity contribution in [2.24, 2.45) is 0 Å². The van der Waals surface area contributed by atoms with Gasteiger partial charge in [0.1, 0.15) is 0 Å². The molecular formula is C14H13N. The zero-order valence-electron chi connectivity index (χ0n) is 8.56. The van der Waals surface area contributed by atoms with Crippen LogP contribution in [0.15, 0.2) is 60.7 Å². The molecule has 1 heteroatoms. The topological polar surface area (TPSA) is 23.8 Å². The van der Waals surface area contributed by atoms with Crippen LogP contribution in [0.2, 0.25) is 0 Å². The summed E-state index contributed by atoms with van der Waals surface area (Å²) in [7, 11) is 0. The van der Waals surface area contributed by atoms with Crippen molar-refractivity contribution in [2.45, 2.75) is 6.42 Å². The number of hydrogen-bond acceptors (Lipinski definition) is 1. The minimum atomic E-state index is 0.621. The SMILES string of the molecule is C=CCC(C#N)=CC=Cc1ccccc1. The first-order chi connectivity index (χ1) is 7.36. The lowest BCUT2D eigenvalue weighted by atomic mass is 10.1. The van der Waals surface area contributed by atoms with Gasteiger partial charge in [-0.05, 0) is 11.6 Å². The van der Waals surface area contributed by atoms with Crippen LogP contribution in [0.4, 0.5) is 0 Å². The highest BCUT2D eigenvalue weighted by Gasteiger charge is 1.87. The average Bonchev–Trinajstić information content (AvgIpc) is 2.29. The van der Waals surface area contributed by atoms with Crippen molar-refractivity contribution in [2.75, 3.05) is 0 Å². The van der Waals surface area contributed by atoms with E-state index in [-0.39, 0.29) is 0 Å². The van der Waals surface area contributed by atoms with E-state index in [1.807, 2.05) is 48.6 Å². The van der Waals surface area contributed by atoms with E-state index in [9.17, 15) is 0 Å². The van der Waals surface area contributed by atoms with Gasteiger partial charge in [0.25, 0.3) is 0 Å². The summed E-state index contributed by atoms with van der Waals surface area (Å²) in [5.74, 6) is 0. The molecule has 0 fully saturated rings. The molecule has 0 unspecified atom stereocenters. The van der Waals surface area contributed by atoms with Crippen LogP contribution in [0.5, 0.6) is 0 Å². The van der Waals surface area contributed by atoms with E-state index in [0.29, 0.717) is 6.42 Å². The standard InChI is InChI=1S/C14H13N/c1-2-7-14(12-15)11-6-10-13-8-4-3-5-9-13/h2-6,8-11H,1,7H2. The second-order valence-corrected chi connectivity index (χ2v) is 3.07. The summed E-state index contributed by atoms with van der Waals surface area (Å²) in [6.45, 7) is 3.60. The number of benzene rings is 1. The van der Waals surface area contributed by atoms with Crippen molar-refractivity contribution in [3.05, 3.63) is 66.3 Å². The quantitative estimate of drug-likeness (QED) is 0.408. The van der Waals surface area contributed by atoms with Gasteiger partial charge in [-0.2, -0.15) is 5.26 Å². The number of allylic oxidation sites excluding steroid dienone is 4. The lowest BCUT2D eigenvalue weighted by molar-refractivity contribution is 1.29. The second kappa shape index (κ2) is 6.39. The zero-order valence-corrected chi connectivity index (χ0v) is 8.56. The van der Waals surface area contributed by atoms with Crippen molar-refractivity contribution in [3.63, 3.8) is 0 Å². The highest BCUT2D eigenvalue weighted by molar-refractivity contribution is 5.51. The van der Waals surface area contributed by atoms with Gasteiger partial charge in [0.05, 0.1) is 6.07 Å². The molecule has 0 spiro atoms. The smallest absolute Gasteiger partial charge is 0.0950 e. The Balaban J connectivity index is 2.67. The van der Waals surface area contributed by atoms with Crippen molar-refractivity contribution >= 4 is 6.08 Å². The summed E-state index contributed by atoms with van der Waals surface area (Å²) in [6.07, 6.45) is 8.02. The fourth-order valence-electron chi connectivity index (χ4n) is 1.15. The fraction of sp³-hybridized carbons (Fsp3) is 0.0714. The van der Waals surface area contributed by atoms with Crippen molar-refractivity contribution in [3.8, 4) is 6.07 Å². The Morgan fingerprint density at radius 2 is 2.07 bits per heavy atom. The van der Waals surface area contributed by atoms with Crippen LogP contribution in [0.1, 0.15) is 12.0 Å². The maximum atomic E-state index is 8.75. The summed E-state index contributed by atoms with van der Waals surface area (Å²) >= 11 is 0. The van der Waals surface area contributed by atoms with Gasteiger partial charge in [0.15, 0.2) is 0 Å². The normalized spacial score (nSPS) is 11.3. The Morgan fingerprint density at radius 3 is 2.67 bits per heavy atom. The Bertz CT molecular complexity index is 405. The maximum absolute atomic E-state index is 8.75. The molecule has 0 radical (unpaired) electrons. The molecule has 0 bridgehead atoms. The second-order valence-electron chi connectivity index (χ2n) is 3.07. The van der Waals surface area contributed by atoms with Gasteiger partial charge in [-0.3, -0.25) is 0 Å².